The summed E-state index contributed by atoms with van der Waals surface area (Å²) in [6, 6.07) is 16.8. The van der Waals surface area contributed by atoms with Crippen LogP contribution in [-0.4, -0.2) is 52.7 Å². The van der Waals surface area contributed by atoms with Gasteiger partial charge in [0.15, 0.2) is 0 Å². The van der Waals surface area contributed by atoms with Gasteiger partial charge in [0.05, 0.1) is 6.04 Å². The smallest absolute Gasteiger partial charge is 0.240 e. The van der Waals surface area contributed by atoms with E-state index < -0.39 is 6.17 Å². The average Bonchev–Trinajstić information content (AvgIpc) is 3.05. The molecule has 0 spiro atoms. The Kier molecular flexibility index (Phi) is 7.04. The van der Waals surface area contributed by atoms with E-state index in [-0.39, 0.29) is 11.9 Å². The first-order valence-corrected chi connectivity index (χ1v) is 10.00. The Balaban J connectivity index is 0.000000271. The van der Waals surface area contributed by atoms with E-state index in [1.807, 2.05) is 28.0 Å². The Hall–Kier alpha value is -2.40. The molecule has 150 valence electrons. The van der Waals surface area contributed by atoms with Gasteiger partial charge in [0, 0.05) is 19.6 Å². The number of likely N-dealkylation sites (tertiary alicyclic amines) is 2. The van der Waals surface area contributed by atoms with Crippen molar-refractivity contribution in [1.29, 1.82) is 0 Å². The SMILES string of the molecule is Cc1ccccc1CN1CCC(N2CCCC(F)C2)C1=O.Oc1ccccc1. The van der Waals surface area contributed by atoms with Crippen LogP contribution in [0.1, 0.15) is 30.4 Å². The number of piperidine rings is 1. The van der Waals surface area contributed by atoms with Gasteiger partial charge in [-0.1, -0.05) is 42.5 Å². The van der Waals surface area contributed by atoms with Crippen LogP contribution < -0.4 is 0 Å². The molecule has 0 radical (unpaired) electrons. The fraction of sp³-hybridized carbons (Fsp3) is 0.435. The lowest BCUT2D eigenvalue weighted by Crippen LogP contribution is -2.47. The number of nitrogens with zero attached hydrogens (tertiary/aromatic N) is 2. The number of carbonyl (C=O) groups is 1. The topological polar surface area (TPSA) is 43.8 Å². The number of benzene rings is 2. The molecule has 0 aliphatic carbocycles. The lowest BCUT2D eigenvalue weighted by molar-refractivity contribution is -0.133. The van der Waals surface area contributed by atoms with Crippen molar-refractivity contribution in [2.45, 2.75) is 44.9 Å². The zero-order valence-corrected chi connectivity index (χ0v) is 16.4. The van der Waals surface area contributed by atoms with Crippen molar-refractivity contribution in [3.63, 3.8) is 0 Å². The van der Waals surface area contributed by atoms with Crippen LogP contribution in [0, 0.1) is 6.92 Å². The van der Waals surface area contributed by atoms with Gasteiger partial charge in [-0.2, -0.15) is 0 Å². The van der Waals surface area contributed by atoms with Crippen LogP contribution in [0.5, 0.6) is 5.75 Å². The van der Waals surface area contributed by atoms with Crippen molar-refractivity contribution in [1.82, 2.24) is 9.80 Å². The molecule has 2 heterocycles. The molecule has 2 atom stereocenters. The quantitative estimate of drug-likeness (QED) is 0.872. The number of aromatic hydroxyl groups is 1. The van der Waals surface area contributed by atoms with E-state index in [4.69, 9.17) is 5.11 Å². The number of hydrogen-bond acceptors (Lipinski definition) is 3. The van der Waals surface area contributed by atoms with Crippen LogP contribution >= 0.6 is 0 Å². The minimum absolute atomic E-state index is 0.104. The Morgan fingerprint density at radius 3 is 2.39 bits per heavy atom. The Labute approximate surface area is 166 Å². The van der Waals surface area contributed by atoms with Gasteiger partial charge in [-0.05, 0) is 56.0 Å². The van der Waals surface area contributed by atoms with Crippen LogP contribution in [0.3, 0.4) is 0 Å². The van der Waals surface area contributed by atoms with Crippen LogP contribution in [-0.2, 0) is 11.3 Å². The second kappa shape index (κ2) is 9.69. The van der Waals surface area contributed by atoms with Gasteiger partial charge in [0.25, 0.3) is 0 Å². The molecule has 0 saturated carbocycles. The Morgan fingerprint density at radius 2 is 1.75 bits per heavy atom. The summed E-state index contributed by atoms with van der Waals surface area (Å²) in [4.78, 5) is 16.6. The maximum absolute atomic E-state index is 13.5. The summed E-state index contributed by atoms with van der Waals surface area (Å²) in [6.45, 7) is 4.82. The monoisotopic (exact) mass is 384 g/mol. The fourth-order valence-corrected chi connectivity index (χ4v) is 3.88. The van der Waals surface area contributed by atoms with Gasteiger partial charge >= 0.3 is 0 Å². The fourth-order valence-electron chi connectivity index (χ4n) is 3.88. The third-order valence-corrected chi connectivity index (χ3v) is 5.48. The minimum atomic E-state index is -0.767. The van der Waals surface area contributed by atoms with Gasteiger partial charge < -0.3 is 10.0 Å². The second-order valence-corrected chi connectivity index (χ2v) is 7.56. The number of rotatable bonds is 3. The number of carbonyl (C=O) groups excluding carboxylic acids is 1. The number of hydrogen-bond donors (Lipinski definition) is 1. The summed E-state index contributed by atoms with van der Waals surface area (Å²) < 4.78 is 13.5. The first kappa shape index (κ1) is 20.3. The van der Waals surface area contributed by atoms with Gasteiger partial charge in [0.1, 0.15) is 11.9 Å². The molecular formula is C23H29FN2O2. The van der Waals surface area contributed by atoms with Crippen LogP contribution in [0.4, 0.5) is 4.39 Å². The molecule has 28 heavy (non-hydrogen) atoms. The Bertz CT molecular complexity index is 768. The molecule has 1 N–H and O–H groups in total. The predicted molar refractivity (Wildman–Crippen MR) is 109 cm³/mol. The van der Waals surface area contributed by atoms with Crippen molar-refractivity contribution < 1.29 is 14.3 Å². The lowest BCUT2D eigenvalue weighted by atomic mass is 10.1. The summed E-state index contributed by atoms with van der Waals surface area (Å²) in [7, 11) is 0. The average molecular weight is 384 g/mol. The van der Waals surface area contributed by atoms with Crippen molar-refractivity contribution in [2.75, 3.05) is 19.6 Å². The van der Waals surface area contributed by atoms with E-state index in [9.17, 15) is 9.18 Å². The third kappa shape index (κ3) is 5.32. The first-order chi connectivity index (χ1) is 13.5. The highest BCUT2D eigenvalue weighted by molar-refractivity contribution is 5.84. The molecule has 2 saturated heterocycles. The zero-order valence-electron chi connectivity index (χ0n) is 16.4. The van der Waals surface area contributed by atoms with Crippen LogP contribution in [0.15, 0.2) is 54.6 Å². The van der Waals surface area contributed by atoms with E-state index in [0.29, 0.717) is 25.3 Å². The predicted octanol–water partition coefficient (Wildman–Crippen LogP) is 3.92. The van der Waals surface area contributed by atoms with Crippen molar-refractivity contribution in [3.8, 4) is 5.75 Å². The summed E-state index contributed by atoms with van der Waals surface area (Å²) in [5.41, 5.74) is 2.42. The van der Waals surface area contributed by atoms with Crippen LogP contribution in [0.25, 0.3) is 0 Å². The lowest BCUT2D eigenvalue weighted by Gasteiger charge is -2.32. The molecule has 0 bridgehead atoms. The van der Waals surface area contributed by atoms with E-state index in [2.05, 4.69) is 19.1 Å². The number of phenolic OH excluding ortho intramolecular Hbond substituents is 1. The summed E-state index contributed by atoms with van der Waals surface area (Å²) in [6.07, 6.45) is 1.57. The van der Waals surface area contributed by atoms with E-state index >= 15 is 0 Å². The molecule has 2 aromatic rings. The highest BCUT2D eigenvalue weighted by Crippen LogP contribution is 2.24. The van der Waals surface area contributed by atoms with Crippen molar-refractivity contribution in [3.05, 3.63) is 65.7 Å². The molecule has 2 aromatic carbocycles. The largest absolute Gasteiger partial charge is 0.508 e. The molecule has 1 amide bonds. The number of amides is 1. The number of phenols is 1. The zero-order chi connectivity index (χ0) is 19.9. The van der Waals surface area contributed by atoms with Gasteiger partial charge in [-0.3, -0.25) is 9.69 Å². The number of alkyl halides is 1. The molecule has 5 heteroatoms. The van der Waals surface area contributed by atoms with Gasteiger partial charge in [-0.25, -0.2) is 4.39 Å². The Morgan fingerprint density at radius 1 is 1.04 bits per heavy atom. The maximum Gasteiger partial charge on any atom is 0.240 e. The van der Waals surface area contributed by atoms with Gasteiger partial charge in [-0.15, -0.1) is 0 Å². The molecule has 2 fully saturated rings. The third-order valence-electron chi connectivity index (χ3n) is 5.48. The normalized spacial score (nSPS) is 22.6. The first-order valence-electron chi connectivity index (χ1n) is 10.00. The summed E-state index contributed by atoms with van der Waals surface area (Å²) in [5.74, 6) is 0.495. The molecular weight excluding hydrogens is 355 g/mol. The molecule has 2 aliphatic heterocycles. The van der Waals surface area contributed by atoms with Crippen LogP contribution in [0.2, 0.25) is 0 Å². The van der Waals surface area contributed by atoms with E-state index in [1.165, 1.54) is 11.1 Å². The second-order valence-electron chi connectivity index (χ2n) is 7.56. The molecule has 4 rings (SSSR count). The minimum Gasteiger partial charge on any atom is -0.508 e. The summed E-state index contributed by atoms with van der Waals surface area (Å²) in [5, 5.41) is 8.63. The standard InChI is InChI=1S/C17H23FN2O.C6H6O/c1-13-5-2-3-6-14(13)11-20-10-8-16(17(20)21)19-9-4-7-15(18)12-19;7-6-4-2-1-3-5-6/h2-3,5-6,15-16H,4,7-12H2,1H3;1-5,7H. The highest BCUT2D eigenvalue weighted by atomic mass is 19.1. The molecule has 4 nitrogen and oxygen atoms in total. The van der Waals surface area contributed by atoms with E-state index in [1.54, 1.807) is 24.3 Å². The van der Waals surface area contributed by atoms with Gasteiger partial charge in [0.2, 0.25) is 5.91 Å². The number of para-hydroxylation sites is 1. The number of aryl methyl sites for hydroxylation is 1. The molecule has 2 unspecified atom stereocenters. The van der Waals surface area contributed by atoms with E-state index in [0.717, 1.165) is 25.9 Å². The molecule has 0 aromatic heterocycles. The number of halogens is 1. The highest BCUT2D eigenvalue weighted by Gasteiger charge is 2.37. The molecule has 2 aliphatic rings. The van der Waals surface area contributed by atoms with Crippen molar-refractivity contribution in [2.24, 2.45) is 0 Å². The summed E-state index contributed by atoms with van der Waals surface area (Å²) >= 11 is 0. The maximum atomic E-state index is 13.5. The van der Waals surface area contributed by atoms with Crippen molar-refractivity contribution >= 4 is 5.91 Å².